The summed E-state index contributed by atoms with van der Waals surface area (Å²) in [6, 6.07) is 33.3. The fraction of sp³-hybridized carbons (Fsp3) is 0.261. The zero-order valence-corrected chi connectivity index (χ0v) is 32.5. The summed E-state index contributed by atoms with van der Waals surface area (Å²) in [7, 11) is 0. The average Bonchev–Trinajstić information content (AvgIpc) is 4.09. The molecule has 2 aliphatic heterocycles. The summed E-state index contributed by atoms with van der Waals surface area (Å²) in [4.78, 5) is 71.8. The quantitative estimate of drug-likeness (QED) is 0.109. The van der Waals surface area contributed by atoms with Crippen molar-refractivity contribution in [1.82, 2.24) is 40.4 Å². The molecule has 4 amide bonds. The van der Waals surface area contributed by atoms with Crippen molar-refractivity contribution < 1.29 is 19.2 Å². The van der Waals surface area contributed by atoms with Crippen LogP contribution in [-0.4, -0.2) is 66.5 Å². The zero-order valence-electron chi connectivity index (χ0n) is 32.5. The van der Waals surface area contributed by atoms with Crippen molar-refractivity contribution in [2.45, 2.75) is 63.7 Å². The summed E-state index contributed by atoms with van der Waals surface area (Å²) in [5.41, 5.74) is 7.30. The molecule has 294 valence electrons. The van der Waals surface area contributed by atoms with Crippen molar-refractivity contribution in [1.29, 1.82) is 0 Å². The van der Waals surface area contributed by atoms with Gasteiger partial charge in [0.1, 0.15) is 23.7 Å². The van der Waals surface area contributed by atoms with Crippen molar-refractivity contribution >= 4 is 23.6 Å². The first-order chi connectivity index (χ1) is 28.2. The third-order valence-electron chi connectivity index (χ3n) is 11.1. The van der Waals surface area contributed by atoms with Gasteiger partial charge in [0.25, 0.3) is 0 Å². The number of nitrogens with one attached hydrogen (secondary N) is 4. The second-order valence-corrected chi connectivity index (χ2v) is 15.0. The van der Waals surface area contributed by atoms with E-state index in [1.807, 2.05) is 82.9 Å². The Hall–Kier alpha value is -6.82. The minimum Gasteiger partial charge on any atom is -0.341 e. The molecule has 2 saturated heterocycles. The highest BCUT2D eigenvalue weighted by molar-refractivity contribution is 5.89. The van der Waals surface area contributed by atoms with E-state index >= 15 is 0 Å². The minimum atomic E-state index is -0.760. The van der Waals surface area contributed by atoms with Crippen molar-refractivity contribution in [3.8, 4) is 33.6 Å². The van der Waals surface area contributed by atoms with E-state index in [0.717, 1.165) is 82.1 Å². The Morgan fingerprint density at radius 3 is 1.28 bits per heavy atom. The standard InChI is InChI=1S/C46H46N8O4/c1-29(55)49-41(35-11-5-3-6-12-35)45(57)53-25-9-15-39(53)43-47-27-37(51-43)33-21-17-31(18-22-33)32-19-23-34(24-20-32)38-28-48-44(52-38)40-16-10-26-54(40)46(58)42(50-30(2)56)36-13-7-4-8-14-36/h3-8,11-14,17-24,27-28,39-42H,9-10,15-16,25-26H2,1-2H3,(H,47,51)(H,48,52)(H,49,55)(H,50,56). The molecule has 58 heavy (non-hydrogen) atoms. The van der Waals surface area contributed by atoms with Crippen LogP contribution in [0.2, 0.25) is 0 Å². The van der Waals surface area contributed by atoms with Gasteiger partial charge in [-0.05, 0) is 59.1 Å². The summed E-state index contributed by atoms with van der Waals surface area (Å²) in [5, 5.41) is 5.69. The van der Waals surface area contributed by atoms with Gasteiger partial charge in [0.15, 0.2) is 0 Å². The number of likely N-dealkylation sites (tertiary alicyclic amines) is 2. The molecule has 4 unspecified atom stereocenters. The molecule has 0 radical (unpaired) electrons. The third kappa shape index (κ3) is 8.04. The third-order valence-corrected chi connectivity index (χ3v) is 11.1. The van der Waals surface area contributed by atoms with Crippen molar-refractivity contribution in [3.05, 3.63) is 144 Å². The predicted octanol–water partition coefficient (Wildman–Crippen LogP) is 7.22. The van der Waals surface area contributed by atoms with Crippen LogP contribution in [0.1, 0.15) is 86.5 Å². The van der Waals surface area contributed by atoms with Crippen LogP contribution >= 0.6 is 0 Å². The number of carbonyl (C=O) groups excluding carboxylic acids is 4. The number of carbonyl (C=O) groups is 4. The highest BCUT2D eigenvalue weighted by atomic mass is 16.2. The van der Waals surface area contributed by atoms with E-state index in [2.05, 4.69) is 69.1 Å². The molecule has 4 N–H and O–H groups in total. The maximum absolute atomic E-state index is 13.8. The molecule has 6 aromatic rings. The summed E-state index contributed by atoms with van der Waals surface area (Å²) < 4.78 is 0. The van der Waals surface area contributed by atoms with Gasteiger partial charge in [-0.2, -0.15) is 0 Å². The van der Waals surface area contributed by atoms with Crippen molar-refractivity contribution in [3.63, 3.8) is 0 Å². The molecule has 12 heteroatoms. The van der Waals surface area contributed by atoms with Gasteiger partial charge in [-0.1, -0.05) is 109 Å². The van der Waals surface area contributed by atoms with E-state index < -0.39 is 12.1 Å². The SMILES string of the molecule is CC(=O)NC(C(=O)N1CCCC1c1ncc(-c2ccc(-c3ccc(-c4cnc(C5CCCN5C(=O)C(NC(C)=O)c5ccccc5)[nH]4)cc3)cc2)[nH]1)c1ccccc1. The zero-order chi connectivity index (χ0) is 40.2. The highest BCUT2D eigenvalue weighted by Crippen LogP contribution is 2.36. The van der Waals surface area contributed by atoms with Crippen LogP contribution in [0.15, 0.2) is 122 Å². The number of rotatable bonds is 11. The molecule has 4 atom stereocenters. The van der Waals surface area contributed by atoms with Gasteiger partial charge in [0.05, 0.1) is 35.9 Å². The van der Waals surface area contributed by atoms with E-state index in [-0.39, 0.29) is 35.7 Å². The van der Waals surface area contributed by atoms with Gasteiger partial charge < -0.3 is 30.4 Å². The number of hydrogen-bond donors (Lipinski definition) is 4. The largest absolute Gasteiger partial charge is 0.341 e. The first kappa shape index (κ1) is 38.1. The summed E-state index contributed by atoms with van der Waals surface area (Å²) in [6.07, 6.45) is 6.88. The lowest BCUT2D eigenvalue weighted by molar-refractivity contribution is -0.137. The molecule has 12 nitrogen and oxygen atoms in total. The summed E-state index contributed by atoms with van der Waals surface area (Å²) in [6.45, 7) is 4.04. The number of nitrogens with zero attached hydrogens (tertiary/aromatic N) is 4. The molecule has 0 spiro atoms. The first-order valence-corrected chi connectivity index (χ1v) is 19.8. The van der Waals surface area contributed by atoms with Crippen LogP contribution in [0.25, 0.3) is 33.6 Å². The van der Waals surface area contributed by atoms with Gasteiger partial charge in [-0.25, -0.2) is 9.97 Å². The molecule has 8 rings (SSSR count). The number of benzene rings is 4. The maximum atomic E-state index is 13.8. The Kier molecular flexibility index (Phi) is 11.0. The Morgan fingerprint density at radius 2 is 0.914 bits per heavy atom. The minimum absolute atomic E-state index is 0.144. The van der Waals surface area contributed by atoms with Crippen LogP contribution in [0.4, 0.5) is 0 Å². The summed E-state index contributed by atoms with van der Waals surface area (Å²) in [5.74, 6) is 0.650. The lowest BCUT2D eigenvalue weighted by atomic mass is 10.0. The topological polar surface area (TPSA) is 156 Å². The van der Waals surface area contributed by atoms with Gasteiger partial charge in [0, 0.05) is 26.9 Å². The Balaban J connectivity index is 0.929. The molecule has 4 aromatic carbocycles. The Morgan fingerprint density at radius 1 is 0.552 bits per heavy atom. The number of aromatic nitrogens is 4. The van der Waals surface area contributed by atoms with Gasteiger partial charge in [0.2, 0.25) is 23.6 Å². The Labute approximate surface area is 337 Å². The highest BCUT2D eigenvalue weighted by Gasteiger charge is 2.38. The fourth-order valence-corrected chi connectivity index (χ4v) is 8.22. The van der Waals surface area contributed by atoms with E-state index in [0.29, 0.717) is 13.1 Å². The normalized spacial score (nSPS) is 17.5. The van der Waals surface area contributed by atoms with Gasteiger partial charge in [-0.15, -0.1) is 0 Å². The lowest BCUT2D eigenvalue weighted by Crippen LogP contribution is -2.42. The van der Waals surface area contributed by atoms with Crippen LogP contribution in [-0.2, 0) is 19.2 Å². The smallest absolute Gasteiger partial charge is 0.250 e. The Bertz CT molecular complexity index is 2220. The second-order valence-electron chi connectivity index (χ2n) is 15.0. The van der Waals surface area contributed by atoms with E-state index in [4.69, 9.17) is 9.97 Å². The van der Waals surface area contributed by atoms with Crippen LogP contribution in [0.3, 0.4) is 0 Å². The van der Waals surface area contributed by atoms with Crippen LogP contribution < -0.4 is 10.6 Å². The number of amides is 4. The van der Waals surface area contributed by atoms with Gasteiger partial charge in [-0.3, -0.25) is 19.2 Å². The molecule has 0 saturated carbocycles. The molecule has 4 heterocycles. The van der Waals surface area contributed by atoms with Crippen molar-refractivity contribution in [2.75, 3.05) is 13.1 Å². The first-order valence-electron chi connectivity index (χ1n) is 19.8. The second kappa shape index (κ2) is 16.7. The van der Waals surface area contributed by atoms with Crippen LogP contribution in [0, 0.1) is 0 Å². The van der Waals surface area contributed by atoms with E-state index in [1.165, 1.54) is 13.8 Å². The number of H-pyrrole nitrogens is 2. The lowest BCUT2D eigenvalue weighted by Gasteiger charge is -2.28. The van der Waals surface area contributed by atoms with E-state index in [1.54, 1.807) is 0 Å². The maximum Gasteiger partial charge on any atom is 0.250 e. The molecular formula is C46H46N8O4. The number of aromatic amines is 2. The van der Waals surface area contributed by atoms with Crippen molar-refractivity contribution in [2.24, 2.45) is 0 Å². The molecule has 2 aromatic heterocycles. The fourth-order valence-electron chi connectivity index (χ4n) is 8.22. The monoisotopic (exact) mass is 774 g/mol. The number of hydrogen-bond acceptors (Lipinski definition) is 6. The predicted molar refractivity (Wildman–Crippen MR) is 220 cm³/mol. The molecule has 0 aliphatic carbocycles. The average molecular weight is 775 g/mol. The molecule has 2 aliphatic rings. The molecule has 0 bridgehead atoms. The molecule has 2 fully saturated rings. The van der Waals surface area contributed by atoms with Crippen LogP contribution in [0.5, 0.6) is 0 Å². The van der Waals surface area contributed by atoms with Gasteiger partial charge >= 0.3 is 0 Å². The number of imidazole rings is 2. The summed E-state index contributed by atoms with van der Waals surface area (Å²) >= 11 is 0. The van der Waals surface area contributed by atoms with E-state index in [9.17, 15) is 19.2 Å². The molecular weight excluding hydrogens is 729 g/mol.